The molecule has 0 radical (unpaired) electrons. The van der Waals surface area contributed by atoms with Gasteiger partial charge in [-0.25, -0.2) is 0 Å². The number of nitrogens with one attached hydrogen (secondary N) is 2. The van der Waals surface area contributed by atoms with E-state index in [1.807, 2.05) is 0 Å². The van der Waals surface area contributed by atoms with Crippen LogP contribution in [0.4, 0.5) is 11.4 Å². The van der Waals surface area contributed by atoms with Crippen molar-refractivity contribution in [3.8, 4) is 0 Å². The van der Waals surface area contributed by atoms with Gasteiger partial charge in [-0.2, -0.15) is 11.8 Å². The summed E-state index contributed by atoms with van der Waals surface area (Å²) in [6.45, 7) is 2.96. The van der Waals surface area contributed by atoms with Crippen LogP contribution in [0.3, 0.4) is 0 Å². The molecule has 1 amide bonds. The fraction of sp³-hybridized carbons (Fsp3) is 0.417. The summed E-state index contributed by atoms with van der Waals surface area (Å²) < 4.78 is 0. The van der Waals surface area contributed by atoms with Crippen molar-refractivity contribution in [1.82, 2.24) is 5.32 Å². The quantitative estimate of drug-likeness (QED) is 0.700. The largest absolute Gasteiger partial charge is 0.397 e. The van der Waals surface area contributed by atoms with Crippen LogP contribution in [0.25, 0.3) is 0 Å². The SMILES string of the molecule is CNC(=O)c1ccc(N)c(NCC(C)SC)c1. The van der Waals surface area contributed by atoms with Crippen LogP contribution in [0.1, 0.15) is 17.3 Å². The molecule has 0 aliphatic carbocycles. The molecule has 0 heterocycles. The van der Waals surface area contributed by atoms with Gasteiger partial charge in [-0.1, -0.05) is 6.92 Å². The monoisotopic (exact) mass is 253 g/mol. The summed E-state index contributed by atoms with van der Waals surface area (Å²) in [5.74, 6) is -0.106. The highest BCUT2D eigenvalue weighted by Gasteiger charge is 2.07. The Morgan fingerprint density at radius 1 is 1.53 bits per heavy atom. The Hall–Kier alpha value is -1.36. The topological polar surface area (TPSA) is 67.2 Å². The molecule has 0 fully saturated rings. The molecular weight excluding hydrogens is 234 g/mol. The summed E-state index contributed by atoms with van der Waals surface area (Å²) in [6, 6.07) is 5.25. The Balaban J connectivity index is 2.80. The highest BCUT2D eigenvalue weighted by Crippen LogP contribution is 2.20. The predicted octanol–water partition coefficient (Wildman–Crippen LogP) is 1.79. The van der Waals surface area contributed by atoms with Crippen LogP contribution in [0.2, 0.25) is 0 Å². The Kier molecular flexibility index (Phi) is 5.15. The van der Waals surface area contributed by atoms with Crippen molar-refractivity contribution in [2.24, 2.45) is 0 Å². The van der Waals surface area contributed by atoms with E-state index >= 15 is 0 Å². The lowest BCUT2D eigenvalue weighted by Gasteiger charge is -2.13. The minimum absolute atomic E-state index is 0.106. The van der Waals surface area contributed by atoms with Crippen molar-refractivity contribution in [1.29, 1.82) is 0 Å². The average Bonchev–Trinajstić information content (AvgIpc) is 2.36. The first kappa shape index (κ1) is 13.7. The third-order valence-electron chi connectivity index (χ3n) is 2.52. The van der Waals surface area contributed by atoms with E-state index in [-0.39, 0.29) is 5.91 Å². The summed E-state index contributed by atoms with van der Waals surface area (Å²) >= 11 is 1.78. The first-order chi connectivity index (χ1) is 8.08. The molecule has 17 heavy (non-hydrogen) atoms. The van der Waals surface area contributed by atoms with Gasteiger partial charge in [0.2, 0.25) is 0 Å². The number of carbonyl (C=O) groups is 1. The van der Waals surface area contributed by atoms with Gasteiger partial charge in [0.05, 0.1) is 11.4 Å². The Morgan fingerprint density at radius 2 is 2.24 bits per heavy atom. The second-order valence-electron chi connectivity index (χ2n) is 3.81. The maximum atomic E-state index is 11.5. The number of thioether (sulfide) groups is 1. The number of amides is 1. The van der Waals surface area contributed by atoms with Crippen molar-refractivity contribution in [2.75, 3.05) is 30.9 Å². The number of rotatable bonds is 5. The van der Waals surface area contributed by atoms with Crippen LogP contribution in [0.15, 0.2) is 18.2 Å². The van der Waals surface area contributed by atoms with E-state index in [9.17, 15) is 4.79 Å². The van der Waals surface area contributed by atoms with Crippen molar-refractivity contribution >= 4 is 29.0 Å². The molecule has 0 spiro atoms. The molecule has 0 aromatic heterocycles. The van der Waals surface area contributed by atoms with Crippen LogP contribution in [-0.4, -0.2) is 31.0 Å². The normalized spacial score (nSPS) is 11.9. The van der Waals surface area contributed by atoms with E-state index in [0.29, 0.717) is 16.5 Å². The standard InChI is InChI=1S/C12H19N3OS/c1-8(17-3)7-15-11-6-9(12(16)14-2)4-5-10(11)13/h4-6,8,15H,7,13H2,1-3H3,(H,14,16). The predicted molar refractivity (Wildman–Crippen MR) is 75.7 cm³/mol. The lowest BCUT2D eigenvalue weighted by Crippen LogP contribution is -2.19. The molecule has 1 unspecified atom stereocenters. The Bertz CT molecular complexity index is 395. The average molecular weight is 253 g/mol. The van der Waals surface area contributed by atoms with Crippen molar-refractivity contribution in [3.63, 3.8) is 0 Å². The molecule has 94 valence electrons. The van der Waals surface area contributed by atoms with Crippen molar-refractivity contribution in [3.05, 3.63) is 23.8 Å². The highest BCUT2D eigenvalue weighted by molar-refractivity contribution is 7.99. The number of nitrogens with two attached hydrogens (primary N) is 1. The summed E-state index contributed by atoms with van der Waals surface area (Å²) in [5, 5.41) is 6.35. The van der Waals surface area contributed by atoms with Gasteiger partial charge in [-0.15, -0.1) is 0 Å². The van der Waals surface area contributed by atoms with Crippen LogP contribution in [0, 0.1) is 0 Å². The molecule has 1 atom stereocenters. The zero-order valence-corrected chi connectivity index (χ0v) is 11.2. The first-order valence-corrected chi connectivity index (χ1v) is 6.75. The third-order valence-corrected chi connectivity index (χ3v) is 3.50. The van der Waals surface area contributed by atoms with Crippen LogP contribution < -0.4 is 16.4 Å². The minimum Gasteiger partial charge on any atom is -0.397 e. The molecule has 0 aliphatic heterocycles. The summed E-state index contributed by atoms with van der Waals surface area (Å²) in [4.78, 5) is 11.5. The van der Waals surface area contributed by atoms with Gasteiger partial charge in [0.15, 0.2) is 0 Å². The number of nitrogen functional groups attached to an aromatic ring is 1. The van der Waals surface area contributed by atoms with Crippen LogP contribution in [0.5, 0.6) is 0 Å². The van der Waals surface area contributed by atoms with Gasteiger partial charge in [0, 0.05) is 24.4 Å². The van der Waals surface area contributed by atoms with Crippen molar-refractivity contribution in [2.45, 2.75) is 12.2 Å². The van der Waals surface area contributed by atoms with Crippen LogP contribution in [-0.2, 0) is 0 Å². The number of hydrogen-bond acceptors (Lipinski definition) is 4. The van der Waals surface area contributed by atoms with Gasteiger partial charge in [-0.3, -0.25) is 4.79 Å². The number of carbonyl (C=O) groups excluding carboxylic acids is 1. The maximum Gasteiger partial charge on any atom is 0.251 e. The molecule has 5 heteroatoms. The van der Waals surface area contributed by atoms with Gasteiger partial charge < -0.3 is 16.4 Å². The maximum absolute atomic E-state index is 11.5. The van der Waals surface area contributed by atoms with Gasteiger partial charge >= 0.3 is 0 Å². The molecule has 1 aromatic carbocycles. The number of anilines is 2. The highest BCUT2D eigenvalue weighted by atomic mass is 32.2. The number of benzene rings is 1. The molecule has 0 aliphatic rings. The van der Waals surface area contributed by atoms with E-state index in [1.165, 1.54) is 0 Å². The van der Waals surface area contributed by atoms with E-state index in [0.717, 1.165) is 12.2 Å². The van der Waals surface area contributed by atoms with E-state index in [4.69, 9.17) is 5.73 Å². The van der Waals surface area contributed by atoms with Gasteiger partial charge in [0.25, 0.3) is 5.91 Å². The number of hydrogen-bond donors (Lipinski definition) is 3. The summed E-state index contributed by atoms with van der Waals surface area (Å²) in [7, 11) is 1.61. The smallest absolute Gasteiger partial charge is 0.251 e. The van der Waals surface area contributed by atoms with Gasteiger partial charge in [-0.05, 0) is 24.5 Å². The summed E-state index contributed by atoms with van der Waals surface area (Å²) in [5.41, 5.74) is 7.94. The molecular formula is C12H19N3OS. The third kappa shape index (κ3) is 3.85. The minimum atomic E-state index is -0.106. The van der Waals surface area contributed by atoms with E-state index in [1.54, 1.807) is 37.0 Å². The molecule has 4 nitrogen and oxygen atoms in total. The second kappa shape index (κ2) is 6.39. The lowest BCUT2D eigenvalue weighted by molar-refractivity contribution is 0.0963. The summed E-state index contributed by atoms with van der Waals surface area (Å²) in [6.07, 6.45) is 2.07. The van der Waals surface area contributed by atoms with Crippen LogP contribution >= 0.6 is 11.8 Å². The molecule has 0 saturated carbocycles. The Morgan fingerprint density at radius 3 is 2.82 bits per heavy atom. The zero-order chi connectivity index (χ0) is 12.8. The van der Waals surface area contributed by atoms with E-state index in [2.05, 4.69) is 23.8 Å². The van der Waals surface area contributed by atoms with Crippen molar-refractivity contribution < 1.29 is 4.79 Å². The Labute approximate surface area is 106 Å². The lowest BCUT2D eigenvalue weighted by atomic mass is 10.1. The molecule has 1 rings (SSSR count). The molecule has 1 aromatic rings. The van der Waals surface area contributed by atoms with Gasteiger partial charge in [0.1, 0.15) is 0 Å². The fourth-order valence-electron chi connectivity index (χ4n) is 1.33. The second-order valence-corrected chi connectivity index (χ2v) is 5.08. The fourth-order valence-corrected chi connectivity index (χ4v) is 1.58. The zero-order valence-electron chi connectivity index (χ0n) is 10.4. The molecule has 0 saturated heterocycles. The van der Waals surface area contributed by atoms with E-state index < -0.39 is 0 Å². The first-order valence-electron chi connectivity index (χ1n) is 5.46. The molecule has 0 bridgehead atoms. The molecule has 4 N–H and O–H groups in total.